The number of hydrogen-bond acceptors (Lipinski definition) is 4. The zero-order valence-corrected chi connectivity index (χ0v) is 12.2. The first-order chi connectivity index (χ1) is 10.0. The molecule has 2 N–H and O–H groups in total. The number of halogens is 1. The quantitative estimate of drug-likeness (QED) is 0.863. The maximum atomic E-state index is 12.0. The summed E-state index contributed by atoms with van der Waals surface area (Å²) in [5.41, 5.74) is 1.02. The molecule has 3 atom stereocenters. The summed E-state index contributed by atoms with van der Waals surface area (Å²) in [4.78, 5) is 12.0. The fourth-order valence-corrected chi connectivity index (χ4v) is 2.69. The van der Waals surface area contributed by atoms with Gasteiger partial charge in [0.1, 0.15) is 6.54 Å². The van der Waals surface area contributed by atoms with Crippen molar-refractivity contribution in [3.05, 3.63) is 35.4 Å². The highest BCUT2D eigenvalue weighted by Crippen LogP contribution is 2.32. The van der Waals surface area contributed by atoms with Gasteiger partial charge in [-0.15, -0.1) is 0 Å². The molecule has 1 fully saturated rings. The van der Waals surface area contributed by atoms with Crippen LogP contribution < -0.4 is 5.32 Å². The van der Waals surface area contributed by atoms with Crippen LogP contribution >= 0.6 is 11.6 Å². The molecule has 8 heteroatoms. The van der Waals surface area contributed by atoms with E-state index in [2.05, 4.69) is 15.5 Å². The molecule has 0 saturated heterocycles. The molecular weight excluding hydrogens is 294 g/mol. The molecule has 1 saturated carbocycles. The largest absolute Gasteiger partial charge is 0.391 e. The van der Waals surface area contributed by atoms with Crippen molar-refractivity contribution in [2.24, 2.45) is 0 Å². The van der Waals surface area contributed by atoms with E-state index in [1.165, 1.54) is 10.9 Å². The summed E-state index contributed by atoms with van der Waals surface area (Å²) in [5.74, 6) is -0.166. The molecule has 0 radical (unpaired) electrons. The standard InChI is InChI=1S/C13H16ClN5O2/c1-8-3-16-19(5-8)13-10(2-11(13)20)17-12(21)7-18-6-9(14)4-15-18/h3-6,10-11,13,20H,2,7H2,1H3,(H,17,21)/t10-,11+,13+/m0/s1. The molecule has 0 spiro atoms. The van der Waals surface area contributed by atoms with Crippen molar-refractivity contribution < 1.29 is 9.90 Å². The van der Waals surface area contributed by atoms with Gasteiger partial charge in [-0.2, -0.15) is 10.2 Å². The molecule has 2 aromatic rings. The lowest BCUT2D eigenvalue weighted by Crippen LogP contribution is -2.56. The van der Waals surface area contributed by atoms with Gasteiger partial charge in [0.05, 0.1) is 35.6 Å². The average molecular weight is 310 g/mol. The van der Waals surface area contributed by atoms with Gasteiger partial charge < -0.3 is 10.4 Å². The van der Waals surface area contributed by atoms with E-state index in [1.807, 2.05) is 13.1 Å². The molecule has 7 nitrogen and oxygen atoms in total. The summed E-state index contributed by atoms with van der Waals surface area (Å²) in [5, 5.41) is 21.5. The lowest BCUT2D eigenvalue weighted by atomic mass is 9.83. The second kappa shape index (κ2) is 5.50. The second-order valence-corrected chi connectivity index (χ2v) is 5.76. The Labute approximate surface area is 126 Å². The number of rotatable bonds is 4. The first-order valence-electron chi connectivity index (χ1n) is 6.69. The number of carbonyl (C=O) groups excluding carboxylic acids is 1. The number of carbonyl (C=O) groups is 1. The number of aromatic nitrogens is 4. The maximum absolute atomic E-state index is 12.0. The van der Waals surface area contributed by atoms with Crippen molar-refractivity contribution in [3.63, 3.8) is 0 Å². The lowest BCUT2D eigenvalue weighted by molar-refractivity contribution is -0.125. The second-order valence-electron chi connectivity index (χ2n) is 5.32. The van der Waals surface area contributed by atoms with Gasteiger partial charge in [-0.05, 0) is 18.9 Å². The summed E-state index contributed by atoms with van der Waals surface area (Å²) in [6, 6.07) is -0.346. The molecule has 3 rings (SSSR count). The minimum atomic E-state index is -0.492. The molecule has 1 aliphatic rings. The maximum Gasteiger partial charge on any atom is 0.242 e. The first kappa shape index (κ1) is 14.1. The van der Waals surface area contributed by atoms with Gasteiger partial charge >= 0.3 is 0 Å². The van der Waals surface area contributed by atoms with E-state index in [-0.39, 0.29) is 24.5 Å². The number of aliphatic hydroxyl groups is 1. The van der Waals surface area contributed by atoms with Gasteiger partial charge in [0, 0.05) is 12.4 Å². The van der Waals surface area contributed by atoms with E-state index in [0.29, 0.717) is 11.4 Å². The number of aliphatic hydroxyl groups excluding tert-OH is 1. The summed E-state index contributed by atoms with van der Waals surface area (Å²) in [6.45, 7) is 2.04. The normalized spacial score (nSPS) is 24.6. The van der Waals surface area contributed by atoms with Crippen molar-refractivity contribution in [2.75, 3.05) is 0 Å². The Hall–Kier alpha value is -1.86. The van der Waals surface area contributed by atoms with Crippen LogP contribution in [0.2, 0.25) is 5.02 Å². The molecule has 0 bridgehead atoms. The number of nitrogens with one attached hydrogen (secondary N) is 1. The third-order valence-corrected chi connectivity index (χ3v) is 3.79. The summed E-state index contributed by atoms with van der Waals surface area (Å²) in [7, 11) is 0. The monoisotopic (exact) mass is 309 g/mol. The van der Waals surface area contributed by atoms with Crippen molar-refractivity contribution in [3.8, 4) is 0 Å². The van der Waals surface area contributed by atoms with Gasteiger partial charge in [-0.1, -0.05) is 11.6 Å². The number of amides is 1. The predicted octanol–water partition coefficient (Wildman–Crippen LogP) is 0.532. The molecule has 2 heterocycles. The summed E-state index contributed by atoms with van der Waals surface area (Å²) >= 11 is 5.75. The molecule has 1 amide bonds. The molecule has 21 heavy (non-hydrogen) atoms. The van der Waals surface area contributed by atoms with Gasteiger partial charge in [0.15, 0.2) is 0 Å². The van der Waals surface area contributed by atoms with E-state index in [4.69, 9.17) is 11.6 Å². The van der Waals surface area contributed by atoms with Crippen LogP contribution in [0.4, 0.5) is 0 Å². The molecule has 0 aliphatic heterocycles. The van der Waals surface area contributed by atoms with Crippen LogP contribution in [0.1, 0.15) is 18.0 Å². The third kappa shape index (κ3) is 2.93. The number of nitrogens with zero attached hydrogens (tertiary/aromatic N) is 4. The van der Waals surface area contributed by atoms with E-state index < -0.39 is 6.10 Å². The van der Waals surface area contributed by atoms with Crippen molar-refractivity contribution in [2.45, 2.75) is 38.1 Å². The Kier molecular flexibility index (Phi) is 3.69. The highest BCUT2D eigenvalue weighted by molar-refractivity contribution is 6.30. The topological polar surface area (TPSA) is 85.0 Å². The molecular formula is C13H16ClN5O2. The van der Waals surface area contributed by atoms with Crippen LogP contribution in [-0.2, 0) is 11.3 Å². The minimum absolute atomic E-state index is 0.101. The predicted molar refractivity (Wildman–Crippen MR) is 75.8 cm³/mol. The Balaban J connectivity index is 1.61. The van der Waals surface area contributed by atoms with Gasteiger partial charge in [0.25, 0.3) is 0 Å². The fraction of sp³-hybridized carbons (Fsp3) is 0.462. The van der Waals surface area contributed by atoms with Crippen molar-refractivity contribution in [1.82, 2.24) is 24.9 Å². The zero-order valence-electron chi connectivity index (χ0n) is 11.5. The third-order valence-electron chi connectivity index (χ3n) is 3.59. The Morgan fingerprint density at radius 2 is 2.29 bits per heavy atom. The highest BCUT2D eigenvalue weighted by atomic mass is 35.5. The van der Waals surface area contributed by atoms with Crippen LogP contribution in [0.25, 0.3) is 0 Å². The minimum Gasteiger partial charge on any atom is -0.391 e. The van der Waals surface area contributed by atoms with E-state index in [9.17, 15) is 9.90 Å². The summed E-state index contributed by atoms with van der Waals surface area (Å²) in [6.07, 6.45) is 6.70. The molecule has 1 aliphatic carbocycles. The number of hydrogen-bond donors (Lipinski definition) is 2. The molecule has 0 aromatic carbocycles. The average Bonchev–Trinajstić information content (AvgIpc) is 2.98. The van der Waals surface area contributed by atoms with Crippen LogP contribution in [0.5, 0.6) is 0 Å². The van der Waals surface area contributed by atoms with Crippen LogP contribution in [0, 0.1) is 6.92 Å². The Morgan fingerprint density at radius 3 is 2.86 bits per heavy atom. The van der Waals surface area contributed by atoms with E-state index in [1.54, 1.807) is 17.1 Å². The SMILES string of the molecule is Cc1cnn([C@H]2[C@H](O)C[C@@H]2NC(=O)Cn2cc(Cl)cn2)c1. The molecule has 0 unspecified atom stereocenters. The summed E-state index contributed by atoms with van der Waals surface area (Å²) < 4.78 is 3.18. The molecule has 2 aromatic heterocycles. The van der Waals surface area contributed by atoms with Gasteiger partial charge in [-0.3, -0.25) is 14.2 Å². The number of aryl methyl sites for hydroxylation is 1. The van der Waals surface area contributed by atoms with Crippen LogP contribution in [0.15, 0.2) is 24.8 Å². The highest BCUT2D eigenvalue weighted by Gasteiger charge is 2.42. The van der Waals surface area contributed by atoms with Crippen LogP contribution in [-0.4, -0.2) is 42.7 Å². The van der Waals surface area contributed by atoms with Crippen molar-refractivity contribution in [1.29, 1.82) is 0 Å². The van der Waals surface area contributed by atoms with E-state index in [0.717, 1.165) is 5.56 Å². The Bertz CT molecular complexity index is 653. The Morgan fingerprint density at radius 1 is 1.48 bits per heavy atom. The fourth-order valence-electron chi connectivity index (χ4n) is 2.54. The lowest BCUT2D eigenvalue weighted by Gasteiger charge is -2.41. The van der Waals surface area contributed by atoms with Crippen LogP contribution in [0.3, 0.4) is 0 Å². The van der Waals surface area contributed by atoms with E-state index >= 15 is 0 Å². The molecule has 112 valence electrons. The first-order valence-corrected chi connectivity index (χ1v) is 7.07. The zero-order chi connectivity index (χ0) is 15.0. The van der Waals surface area contributed by atoms with Crippen molar-refractivity contribution >= 4 is 17.5 Å². The van der Waals surface area contributed by atoms with Gasteiger partial charge in [0.2, 0.25) is 5.91 Å². The van der Waals surface area contributed by atoms with Gasteiger partial charge in [-0.25, -0.2) is 0 Å². The smallest absolute Gasteiger partial charge is 0.242 e.